The van der Waals surface area contributed by atoms with Crippen LogP contribution in [0.15, 0.2) is 0 Å². The van der Waals surface area contributed by atoms with Crippen molar-refractivity contribution in [2.24, 2.45) is 11.3 Å². The summed E-state index contributed by atoms with van der Waals surface area (Å²) in [5, 5.41) is 3.77. The third-order valence-corrected chi connectivity index (χ3v) is 4.43. The van der Waals surface area contributed by atoms with E-state index in [1.165, 1.54) is 51.5 Å². The van der Waals surface area contributed by atoms with Gasteiger partial charge < -0.3 is 5.32 Å². The Kier molecular flexibility index (Phi) is 3.16. The summed E-state index contributed by atoms with van der Waals surface area (Å²) in [6.07, 6.45) is 10.1. The molecule has 1 unspecified atom stereocenters. The van der Waals surface area contributed by atoms with E-state index in [-0.39, 0.29) is 0 Å². The van der Waals surface area contributed by atoms with Crippen LogP contribution in [0, 0.1) is 11.3 Å². The van der Waals surface area contributed by atoms with Crippen molar-refractivity contribution in [3.63, 3.8) is 0 Å². The van der Waals surface area contributed by atoms with Crippen LogP contribution in [-0.4, -0.2) is 12.6 Å². The minimum absolute atomic E-state index is 0.555. The van der Waals surface area contributed by atoms with E-state index in [1.54, 1.807) is 0 Å². The van der Waals surface area contributed by atoms with Crippen molar-refractivity contribution < 1.29 is 0 Å². The Morgan fingerprint density at radius 2 is 1.93 bits per heavy atom. The fourth-order valence-electron chi connectivity index (χ4n) is 2.95. The van der Waals surface area contributed by atoms with Crippen LogP contribution in [0.1, 0.15) is 58.8 Å². The van der Waals surface area contributed by atoms with E-state index in [0.29, 0.717) is 5.41 Å². The van der Waals surface area contributed by atoms with Crippen molar-refractivity contribution in [3.8, 4) is 0 Å². The normalized spacial score (nSPS) is 31.7. The second-order valence-electron chi connectivity index (χ2n) is 5.97. The first-order valence-corrected chi connectivity index (χ1v) is 6.42. The molecule has 0 bridgehead atoms. The van der Waals surface area contributed by atoms with Gasteiger partial charge in [0.1, 0.15) is 0 Å². The number of hydrogen-bond donors (Lipinski definition) is 1. The second kappa shape index (κ2) is 4.22. The molecule has 1 heteroatoms. The van der Waals surface area contributed by atoms with Gasteiger partial charge in [0, 0.05) is 6.04 Å². The van der Waals surface area contributed by atoms with E-state index < -0.39 is 0 Å². The first kappa shape index (κ1) is 10.5. The van der Waals surface area contributed by atoms with E-state index in [9.17, 15) is 0 Å². The molecule has 0 radical (unpaired) electrons. The molecule has 2 aliphatic rings. The Bertz CT molecular complexity index is 182. The highest BCUT2D eigenvalue weighted by molar-refractivity contribution is 4.90. The zero-order chi connectivity index (χ0) is 10.0. The molecule has 14 heavy (non-hydrogen) atoms. The monoisotopic (exact) mass is 195 g/mol. The minimum Gasteiger partial charge on any atom is -0.313 e. The summed E-state index contributed by atoms with van der Waals surface area (Å²) in [4.78, 5) is 0. The van der Waals surface area contributed by atoms with Crippen LogP contribution in [0.3, 0.4) is 0 Å². The standard InChI is InChI=1S/C13H25N/c1-13(2)9-4-7-12(13)14-10-8-11-5-3-6-11/h11-12,14H,3-10H2,1-2H3. The Labute approximate surface area is 88.7 Å². The highest BCUT2D eigenvalue weighted by atomic mass is 14.9. The summed E-state index contributed by atoms with van der Waals surface area (Å²) in [6.45, 7) is 6.10. The van der Waals surface area contributed by atoms with Crippen molar-refractivity contribution in [2.75, 3.05) is 6.54 Å². The van der Waals surface area contributed by atoms with Crippen molar-refractivity contribution in [2.45, 2.75) is 64.8 Å². The maximum Gasteiger partial charge on any atom is 0.0118 e. The van der Waals surface area contributed by atoms with Crippen molar-refractivity contribution in [1.29, 1.82) is 0 Å². The molecule has 2 rings (SSSR count). The molecule has 0 aromatic heterocycles. The van der Waals surface area contributed by atoms with Gasteiger partial charge in [-0.15, -0.1) is 0 Å². The molecule has 0 aliphatic heterocycles. The molecule has 0 spiro atoms. The van der Waals surface area contributed by atoms with Crippen molar-refractivity contribution >= 4 is 0 Å². The maximum absolute atomic E-state index is 3.77. The van der Waals surface area contributed by atoms with Crippen molar-refractivity contribution in [1.82, 2.24) is 5.32 Å². The molecule has 2 saturated carbocycles. The highest BCUT2D eigenvalue weighted by Gasteiger charge is 2.33. The van der Waals surface area contributed by atoms with Gasteiger partial charge in [0.2, 0.25) is 0 Å². The first-order valence-electron chi connectivity index (χ1n) is 6.42. The Hall–Kier alpha value is -0.0400. The van der Waals surface area contributed by atoms with E-state index in [0.717, 1.165) is 12.0 Å². The van der Waals surface area contributed by atoms with Gasteiger partial charge in [0.15, 0.2) is 0 Å². The van der Waals surface area contributed by atoms with Gasteiger partial charge in [-0.2, -0.15) is 0 Å². The van der Waals surface area contributed by atoms with Crippen LogP contribution in [0.2, 0.25) is 0 Å². The first-order chi connectivity index (χ1) is 6.68. The van der Waals surface area contributed by atoms with E-state index in [1.807, 2.05) is 0 Å². The Morgan fingerprint density at radius 3 is 2.43 bits per heavy atom. The van der Waals surface area contributed by atoms with Gasteiger partial charge in [-0.05, 0) is 37.1 Å². The van der Waals surface area contributed by atoms with Gasteiger partial charge in [0.05, 0.1) is 0 Å². The average molecular weight is 195 g/mol. The lowest BCUT2D eigenvalue weighted by Gasteiger charge is -2.30. The molecule has 1 nitrogen and oxygen atoms in total. The Morgan fingerprint density at radius 1 is 1.14 bits per heavy atom. The molecular weight excluding hydrogens is 170 g/mol. The van der Waals surface area contributed by atoms with Gasteiger partial charge in [-0.1, -0.05) is 39.5 Å². The van der Waals surface area contributed by atoms with Gasteiger partial charge in [0.25, 0.3) is 0 Å². The lowest BCUT2D eigenvalue weighted by molar-refractivity contribution is 0.252. The predicted molar refractivity (Wildman–Crippen MR) is 61.4 cm³/mol. The predicted octanol–water partition coefficient (Wildman–Crippen LogP) is 3.34. The molecule has 2 aliphatic carbocycles. The van der Waals surface area contributed by atoms with E-state index in [2.05, 4.69) is 19.2 Å². The van der Waals surface area contributed by atoms with Crippen molar-refractivity contribution in [3.05, 3.63) is 0 Å². The summed E-state index contributed by atoms with van der Waals surface area (Å²) >= 11 is 0. The molecular formula is C13H25N. The zero-order valence-electron chi connectivity index (χ0n) is 9.81. The van der Waals surface area contributed by atoms with Crippen LogP contribution in [0.25, 0.3) is 0 Å². The molecule has 0 aromatic rings. The summed E-state index contributed by atoms with van der Waals surface area (Å²) < 4.78 is 0. The SMILES string of the molecule is CC1(C)CCCC1NCCC1CCC1. The van der Waals surface area contributed by atoms with Crippen LogP contribution in [-0.2, 0) is 0 Å². The molecule has 0 saturated heterocycles. The highest BCUT2D eigenvalue weighted by Crippen LogP contribution is 2.37. The molecule has 0 heterocycles. The number of hydrogen-bond acceptors (Lipinski definition) is 1. The second-order valence-corrected chi connectivity index (χ2v) is 5.97. The summed E-state index contributed by atoms with van der Waals surface area (Å²) in [6, 6.07) is 0.794. The largest absolute Gasteiger partial charge is 0.313 e. The molecule has 0 amide bonds. The van der Waals surface area contributed by atoms with E-state index in [4.69, 9.17) is 0 Å². The summed E-state index contributed by atoms with van der Waals surface area (Å²) in [5.41, 5.74) is 0.555. The zero-order valence-corrected chi connectivity index (χ0v) is 9.81. The molecule has 1 atom stereocenters. The van der Waals surface area contributed by atoms with Gasteiger partial charge >= 0.3 is 0 Å². The summed E-state index contributed by atoms with van der Waals surface area (Å²) in [5.74, 6) is 1.06. The molecule has 82 valence electrons. The third kappa shape index (κ3) is 2.31. The lowest BCUT2D eigenvalue weighted by Crippen LogP contribution is -2.39. The van der Waals surface area contributed by atoms with Crippen LogP contribution >= 0.6 is 0 Å². The van der Waals surface area contributed by atoms with Gasteiger partial charge in [-0.25, -0.2) is 0 Å². The summed E-state index contributed by atoms with van der Waals surface area (Å²) in [7, 11) is 0. The van der Waals surface area contributed by atoms with Crippen LogP contribution < -0.4 is 5.32 Å². The Balaban J connectivity index is 1.64. The quantitative estimate of drug-likeness (QED) is 0.725. The third-order valence-electron chi connectivity index (χ3n) is 4.43. The lowest BCUT2D eigenvalue weighted by atomic mass is 9.82. The maximum atomic E-state index is 3.77. The van der Waals surface area contributed by atoms with Gasteiger partial charge in [-0.3, -0.25) is 0 Å². The number of rotatable bonds is 4. The number of nitrogens with one attached hydrogen (secondary N) is 1. The van der Waals surface area contributed by atoms with Crippen LogP contribution in [0.4, 0.5) is 0 Å². The fourth-order valence-corrected chi connectivity index (χ4v) is 2.95. The molecule has 1 N–H and O–H groups in total. The smallest absolute Gasteiger partial charge is 0.0118 e. The van der Waals surface area contributed by atoms with Crippen LogP contribution in [0.5, 0.6) is 0 Å². The molecule has 2 fully saturated rings. The minimum atomic E-state index is 0.555. The topological polar surface area (TPSA) is 12.0 Å². The van der Waals surface area contributed by atoms with E-state index >= 15 is 0 Å². The fraction of sp³-hybridized carbons (Fsp3) is 1.00. The average Bonchev–Trinajstić information content (AvgIpc) is 2.36. The molecule has 0 aromatic carbocycles.